The fraction of sp³-hybridized carbons (Fsp3) is 0.393. The molecule has 4 rings (SSSR count). The van der Waals surface area contributed by atoms with Crippen LogP contribution in [-0.2, 0) is 9.59 Å². The van der Waals surface area contributed by atoms with Gasteiger partial charge in [-0.2, -0.15) is 0 Å². The Kier molecular flexibility index (Phi) is 7.45. The van der Waals surface area contributed by atoms with Gasteiger partial charge in [0.15, 0.2) is 0 Å². The van der Waals surface area contributed by atoms with Crippen LogP contribution in [0.1, 0.15) is 58.1 Å². The largest absolute Gasteiger partial charge is 0.494 e. The molecule has 7 nitrogen and oxygen atoms in total. The van der Waals surface area contributed by atoms with Crippen molar-refractivity contribution in [2.45, 2.75) is 52.5 Å². The lowest BCUT2D eigenvalue weighted by Crippen LogP contribution is -2.48. The number of thioether (sulfide) groups is 1. The second kappa shape index (κ2) is 10.4. The first kappa shape index (κ1) is 25.8. The average molecular weight is 508 g/mol. The minimum Gasteiger partial charge on any atom is -0.494 e. The summed E-state index contributed by atoms with van der Waals surface area (Å²) in [7, 11) is 0. The van der Waals surface area contributed by atoms with Gasteiger partial charge < -0.3 is 15.0 Å². The van der Waals surface area contributed by atoms with Gasteiger partial charge in [-0.25, -0.2) is 0 Å². The predicted molar refractivity (Wildman–Crippen MR) is 145 cm³/mol. The summed E-state index contributed by atoms with van der Waals surface area (Å²) in [5.41, 5.74) is 3.99. The molecule has 1 saturated heterocycles. The number of hydrogen-bond acceptors (Lipinski definition) is 6. The second-order valence-electron chi connectivity index (χ2n) is 9.75. The van der Waals surface area contributed by atoms with Crippen molar-refractivity contribution >= 4 is 46.3 Å². The molecule has 1 unspecified atom stereocenters. The van der Waals surface area contributed by atoms with Crippen molar-refractivity contribution in [2.24, 2.45) is 0 Å². The first-order valence-electron chi connectivity index (χ1n) is 12.3. The molecule has 2 aliphatic rings. The lowest BCUT2D eigenvalue weighted by Gasteiger charge is -2.47. The SMILES string of the molecule is CCOc1ccc(NC(=O)CN2C(=O)S/C(=C\c3ccc4c(c3)C(C)CC(C)(C)N4CC)C2=O)cc1. The number of fused-ring (bicyclic) bond motifs is 1. The zero-order chi connectivity index (χ0) is 26.0. The first-order valence-corrected chi connectivity index (χ1v) is 13.1. The Hall–Kier alpha value is -3.26. The smallest absolute Gasteiger partial charge is 0.294 e. The van der Waals surface area contributed by atoms with Crippen molar-refractivity contribution in [1.29, 1.82) is 0 Å². The van der Waals surface area contributed by atoms with E-state index in [4.69, 9.17) is 4.74 Å². The number of benzene rings is 2. The van der Waals surface area contributed by atoms with E-state index in [9.17, 15) is 14.4 Å². The number of ether oxygens (including phenoxy) is 1. The third-order valence-electron chi connectivity index (χ3n) is 6.65. The number of carbonyl (C=O) groups is 3. The second-order valence-corrected chi connectivity index (χ2v) is 10.7. The van der Waals surface area contributed by atoms with Gasteiger partial charge in [-0.3, -0.25) is 19.3 Å². The van der Waals surface area contributed by atoms with Crippen LogP contribution in [0.5, 0.6) is 5.75 Å². The number of nitrogens with one attached hydrogen (secondary N) is 1. The third-order valence-corrected chi connectivity index (χ3v) is 7.56. The number of anilines is 2. The number of nitrogens with zero attached hydrogens (tertiary/aromatic N) is 2. The van der Waals surface area contributed by atoms with Crippen molar-refractivity contribution in [3.63, 3.8) is 0 Å². The van der Waals surface area contributed by atoms with Gasteiger partial charge in [-0.15, -0.1) is 0 Å². The monoisotopic (exact) mass is 507 g/mol. The molecular weight excluding hydrogens is 474 g/mol. The van der Waals surface area contributed by atoms with Crippen molar-refractivity contribution in [3.05, 3.63) is 58.5 Å². The van der Waals surface area contributed by atoms with Gasteiger partial charge in [-0.1, -0.05) is 13.0 Å². The van der Waals surface area contributed by atoms with Crippen LogP contribution in [0.2, 0.25) is 0 Å². The van der Waals surface area contributed by atoms with Crippen LogP contribution in [0.15, 0.2) is 47.4 Å². The Morgan fingerprint density at radius 1 is 1.17 bits per heavy atom. The minimum absolute atomic E-state index is 0.0806. The van der Waals surface area contributed by atoms with Crippen LogP contribution in [0.25, 0.3) is 6.08 Å². The Balaban J connectivity index is 1.46. The lowest BCUT2D eigenvalue weighted by molar-refractivity contribution is -0.127. The highest BCUT2D eigenvalue weighted by molar-refractivity contribution is 8.18. The summed E-state index contributed by atoms with van der Waals surface area (Å²) < 4.78 is 5.40. The summed E-state index contributed by atoms with van der Waals surface area (Å²) in [6, 6.07) is 13.1. The Morgan fingerprint density at radius 2 is 1.89 bits per heavy atom. The molecule has 0 bridgehead atoms. The molecule has 0 radical (unpaired) electrons. The fourth-order valence-electron chi connectivity index (χ4n) is 5.13. The molecule has 1 fully saturated rings. The van der Waals surface area contributed by atoms with Crippen LogP contribution in [0.3, 0.4) is 0 Å². The van der Waals surface area contributed by atoms with E-state index in [1.54, 1.807) is 30.3 Å². The summed E-state index contributed by atoms with van der Waals surface area (Å²) in [6.07, 6.45) is 2.79. The molecule has 0 aromatic heterocycles. The van der Waals surface area contributed by atoms with Crippen LogP contribution in [-0.4, -0.2) is 47.2 Å². The predicted octanol–water partition coefficient (Wildman–Crippen LogP) is 5.87. The Morgan fingerprint density at radius 3 is 2.56 bits per heavy atom. The van der Waals surface area contributed by atoms with Crippen LogP contribution in [0, 0.1) is 0 Å². The molecular formula is C28H33N3O4S. The maximum Gasteiger partial charge on any atom is 0.294 e. The van der Waals surface area contributed by atoms with E-state index in [-0.39, 0.29) is 12.1 Å². The molecule has 1 atom stereocenters. The molecule has 0 aliphatic carbocycles. The van der Waals surface area contributed by atoms with Gasteiger partial charge in [0, 0.05) is 23.5 Å². The van der Waals surface area contributed by atoms with E-state index in [1.165, 1.54) is 11.3 Å². The molecule has 0 saturated carbocycles. The Labute approximate surface area is 216 Å². The van der Waals surface area contributed by atoms with Gasteiger partial charge in [-0.05, 0) is 105 Å². The highest BCUT2D eigenvalue weighted by Gasteiger charge is 2.37. The highest BCUT2D eigenvalue weighted by atomic mass is 32.2. The van der Waals surface area contributed by atoms with Gasteiger partial charge in [0.05, 0.1) is 11.5 Å². The van der Waals surface area contributed by atoms with Crippen molar-refractivity contribution in [1.82, 2.24) is 4.90 Å². The van der Waals surface area contributed by atoms with Gasteiger partial charge in [0.2, 0.25) is 5.91 Å². The van der Waals surface area contributed by atoms with Crippen molar-refractivity contribution in [2.75, 3.05) is 29.9 Å². The molecule has 1 N–H and O–H groups in total. The molecule has 2 heterocycles. The molecule has 2 aromatic rings. The maximum atomic E-state index is 13.0. The number of amides is 3. The molecule has 36 heavy (non-hydrogen) atoms. The zero-order valence-electron chi connectivity index (χ0n) is 21.5. The standard InChI is InChI=1S/C28H33N3O4S/c1-6-31-23-13-8-19(14-22(23)18(3)16-28(31,4)5)15-24-26(33)30(27(34)36-24)17-25(32)29-20-9-11-21(12-10-20)35-7-2/h8-15,18H,6-7,16-17H2,1-5H3,(H,29,32)/b24-15-. The van der Waals surface area contributed by atoms with Crippen LogP contribution < -0.4 is 15.0 Å². The topological polar surface area (TPSA) is 79.0 Å². The summed E-state index contributed by atoms with van der Waals surface area (Å²) in [5.74, 6) is 0.197. The number of imide groups is 1. The minimum atomic E-state index is -0.450. The molecule has 190 valence electrons. The molecule has 3 amide bonds. The summed E-state index contributed by atoms with van der Waals surface area (Å²) in [4.78, 5) is 41.8. The van der Waals surface area contributed by atoms with E-state index in [0.717, 1.165) is 35.2 Å². The fourth-order valence-corrected chi connectivity index (χ4v) is 5.97. The third kappa shape index (κ3) is 5.28. The zero-order valence-corrected chi connectivity index (χ0v) is 22.3. The quantitative estimate of drug-likeness (QED) is 0.472. The highest BCUT2D eigenvalue weighted by Crippen LogP contribution is 2.44. The molecule has 8 heteroatoms. The normalized spacial score (nSPS) is 20.0. The van der Waals surface area contributed by atoms with Crippen LogP contribution >= 0.6 is 11.8 Å². The summed E-state index contributed by atoms with van der Waals surface area (Å²) >= 11 is 0.867. The van der Waals surface area contributed by atoms with Crippen molar-refractivity contribution in [3.8, 4) is 5.75 Å². The van der Waals surface area contributed by atoms with E-state index in [2.05, 4.69) is 50.0 Å². The lowest BCUT2D eigenvalue weighted by atomic mass is 9.79. The van der Waals surface area contributed by atoms with Crippen molar-refractivity contribution < 1.29 is 19.1 Å². The Bertz CT molecular complexity index is 1210. The van der Waals surface area contributed by atoms with Crippen LogP contribution in [0.4, 0.5) is 16.2 Å². The van der Waals surface area contributed by atoms with E-state index >= 15 is 0 Å². The average Bonchev–Trinajstić information content (AvgIpc) is 3.08. The number of hydrogen-bond donors (Lipinski definition) is 1. The summed E-state index contributed by atoms with van der Waals surface area (Å²) in [6.45, 7) is 12.0. The van der Waals surface area contributed by atoms with Gasteiger partial charge in [0.1, 0.15) is 12.3 Å². The summed E-state index contributed by atoms with van der Waals surface area (Å²) in [5, 5.41) is 2.28. The van der Waals surface area contributed by atoms with Gasteiger partial charge >= 0.3 is 0 Å². The number of carbonyl (C=O) groups excluding carboxylic acids is 3. The van der Waals surface area contributed by atoms with Gasteiger partial charge in [0.25, 0.3) is 11.1 Å². The molecule has 0 spiro atoms. The maximum absolute atomic E-state index is 13.0. The first-order chi connectivity index (χ1) is 17.1. The number of rotatable bonds is 7. The molecule has 2 aliphatic heterocycles. The van der Waals surface area contributed by atoms with E-state index < -0.39 is 17.1 Å². The molecule has 2 aromatic carbocycles. The van der Waals surface area contributed by atoms with E-state index in [1.807, 2.05) is 13.0 Å². The van der Waals surface area contributed by atoms with E-state index in [0.29, 0.717) is 28.9 Å².